The third-order valence-corrected chi connectivity index (χ3v) is 4.80. The molecule has 2 N–H and O–H groups in total. The highest BCUT2D eigenvalue weighted by molar-refractivity contribution is 5.85. The summed E-state index contributed by atoms with van der Waals surface area (Å²) >= 11 is 0. The molecule has 2 aliphatic heterocycles. The Morgan fingerprint density at radius 1 is 1.24 bits per heavy atom. The quantitative estimate of drug-likeness (QED) is 0.831. The summed E-state index contributed by atoms with van der Waals surface area (Å²) in [6, 6.07) is 1.17. The van der Waals surface area contributed by atoms with Crippen LogP contribution in [0.3, 0.4) is 0 Å². The molecule has 0 aromatic rings. The van der Waals surface area contributed by atoms with Crippen LogP contribution in [0.4, 0.5) is 0 Å². The number of nitrogens with two attached hydrogens (primary N) is 1. The Kier molecular flexibility index (Phi) is 7.20. The fourth-order valence-corrected chi connectivity index (χ4v) is 3.32. The number of ether oxygens (including phenoxy) is 1. The van der Waals surface area contributed by atoms with Gasteiger partial charge in [0.1, 0.15) is 6.10 Å². The first-order valence-electron chi connectivity index (χ1n) is 7.55. The number of carbonyl (C=O) groups is 1. The number of hydrogen-bond donors (Lipinski definition) is 1. The molecule has 1 saturated carbocycles. The minimum atomic E-state index is -0.256. The number of nitrogens with zero attached hydrogens (tertiary/aromatic N) is 2. The zero-order valence-corrected chi connectivity index (χ0v) is 14.2. The molecule has 0 aromatic carbocycles. The van der Waals surface area contributed by atoms with Crippen LogP contribution in [-0.4, -0.2) is 66.7 Å². The fraction of sp³-hybridized carbons (Fsp3) is 0.929. The maximum absolute atomic E-state index is 12.4. The lowest BCUT2D eigenvalue weighted by Crippen LogP contribution is -2.44. The molecular weight excluding hydrogens is 313 g/mol. The molecule has 1 unspecified atom stereocenters. The number of carbonyl (C=O) groups excluding carboxylic acids is 1. The van der Waals surface area contributed by atoms with Gasteiger partial charge in [0.25, 0.3) is 5.91 Å². The van der Waals surface area contributed by atoms with E-state index in [1.165, 1.54) is 12.8 Å². The first-order chi connectivity index (χ1) is 9.19. The minimum absolute atomic E-state index is 0. The predicted molar refractivity (Wildman–Crippen MR) is 87.2 cm³/mol. The van der Waals surface area contributed by atoms with Crippen LogP contribution < -0.4 is 5.73 Å². The van der Waals surface area contributed by atoms with Crippen molar-refractivity contribution in [2.24, 2.45) is 5.73 Å². The monoisotopic (exact) mass is 339 g/mol. The van der Waals surface area contributed by atoms with Crippen molar-refractivity contribution in [1.29, 1.82) is 0 Å². The summed E-state index contributed by atoms with van der Waals surface area (Å²) in [6.45, 7) is 2.70. The van der Waals surface area contributed by atoms with Gasteiger partial charge in [-0.25, -0.2) is 0 Å². The van der Waals surface area contributed by atoms with Crippen molar-refractivity contribution in [2.75, 3.05) is 26.7 Å². The number of halogens is 2. The Labute approximate surface area is 139 Å². The lowest BCUT2D eigenvalue weighted by Gasteiger charge is -2.27. The van der Waals surface area contributed by atoms with Gasteiger partial charge in [0.2, 0.25) is 0 Å². The molecule has 5 nitrogen and oxygen atoms in total. The van der Waals surface area contributed by atoms with Gasteiger partial charge in [-0.3, -0.25) is 9.69 Å². The molecule has 21 heavy (non-hydrogen) atoms. The van der Waals surface area contributed by atoms with Gasteiger partial charge in [0, 0.05) is 38.8 Å². The van der Waals surface area contributed by atoms with E-state index >= 15 is 0 Å². The van der Waals surface area contributed by atoms with E-state index in [9.17, 15) is 4.79 Å². The van der Waals surface area contributed by atoms with E-state index < -0.39 is 0 Å². The van der Waals surface area contributed by atoms with Gasteiger partial charge in [0.15, 0.2) is 0 Å². The van der Waals surface area contributed by atoms with E-state index in [0.29, 0.717) is 12.6 Å². The lowest BCUT2D eigenvalue weighted by atomic mass is 10.1. The van der Waals surface area contributed by atoms with Gasteiger partial charge in [-0.15, -0.1) is 24.8 Å². The van der Waals surface area contributed by atoms with Crippen LogP contribution in [0.25, 0.3) is 0 Å². The lowest BCUT2D eigenvalue weighted by molar-refractivity contribution is -0.143. The van der Waals surface area contributed by atoms with E-state index in [2.05, 4.69) is 4.90 Å². The second kappa shape index (κ2) is 7.97. The first-order valence-corrected chi connectivity index (χ1v) is 7.55. The van der Waals surface area contributed by atoms with E-state index in [4.69, 9.17) is 10.5 Å². The third-order valence-electron chi connectivity index (χ3n) is 4.80. The van der Waals surface area contributed by atoms with Crippen molar-refractivity contribution in [2.45, 2.75) is 56.4 Å². The standard InChI is InChI=1S/C14H25N3O2.2ClH/c1-16(11-6-7-17(9-11)10-2-3-10)14(18)13-5-4-12(8-15)19-13;;/h10-13H,2-9,15H2,1H3;2*1H/t11?,12-,13+;;/m1../s1. The SMILES string of the molecule is CN(C(=O)[C@@H]1CC[C@H](CN)O1)C1CCN(C2CC2)C1.Cl.Cl. The first kappa shape index (κ1) is 19.0. The van der Waals surface area contributed by atoms with Gasteiger partial charge < -0.3 is 15.4 Å². The summed E-state index contributed by atoms with van der Waals surface area (Å²) in [5.74, 6) is 0.151. The topological polar surface area (TPSA) is 58.8 Å². The Balaban J connectivity index is 0.00000110. The van der Waals surface area contributed by atoms with Crippen molar-refractivity contribution >= 4 is 30.7 Å². The number of likely N-dealkylation sites (N-methyl/N-ethyl adjacent to an activating group) is 1. The van der Waals surface area contributed by atoms with E-state index in [-0.39, 0.29) is 42.9 Å². The summed E-state index contributed by atoms with van der Waals surface area (Å²) < 4.78 is 5.71. The molecule has 0 radical (unpaired) electrons. The van der Waals surface area contributed by atoms with Crippen LogP contribution in [-0.2, 0) is 9.53 Å². The van der Waals surface area contributed by atoms with Crippen LogP contribution in [0.1, 0.15) is 32.1 Å². The van der Waals surface area contributed by atoms with E-state index in [1.807, 2.05) is 11.9 Å². The minimum Gasteiger partial charge on any atom is -0.364 e. The second-order valence-electron chi connectivity index (χ2n) is 6.18. The molecule has 2 saturated heterocycles. The molecule has 3 rings (SSSR count). The van der Waals surface area contributed by atoms with Gasteiger partial charge in [-0.05, 0) is 32.1 Å². The highest BCUT2D eigenvalue weighted by Gasteiger charge is 2.39. The summed E-state index contributed by atoms with van der Waals surface area (Å²) in [6.07, 6.45) is 5.35. The van der Waals surface area contributed by atoms with Crippen molar-refractivity contribution in [3.05, 3.63) is 0 Å². The van der Waals surface area contributed by atoms with Gasteiger partial charge in [-0.2, -0.15) is 0 Å². The average molecular weight is 340 g/mol. The zero-order valence-electron chi connectivity index (χ0n) is 12.6. The molecule has 124 valence electrons. The maximum atomic E-state index is 12.4. The summed E-state index contributed by atoms with van der Waals surface area (Å²) in [4.78, 5) is 16.9. The average Bonchev–Trinajstić information content (AvgIpc) is 2.98. The number of likely N-dealkylation sites (tertiary alicyclic amines) is 1. The molecular formula is C14H27Cl2N3O2. The second-order valence-corrected chi connectivity index (χ2v) is 6.18. The van der Waals surface area contributed by atoms with Crippen molar-refractivity contribution in [3.8, 4) is 0 Å². The van der Waals surface area contributed by atoms with E-state index in [0.717, 1.165) is 38.4 Å². The van der Waals surface area contributed by atoms with Crippen molar-refractivity contribution in [1.82, 2.24) is 9.80 Å². The molecule has 0 aromatic heterocycles. The highest BCUT2D eigenvalue weighted by Crippen LogP contribution is 2.31. The molecule has 3 atom stereocenters. The van der Waals surface area contributed by atoms with Crippen molar-refractivity contribution < 1.29 is 9.53 Å². The molecule has 3 aliphatic rings. The molecule has 1 amide bonds. The third kappa shape index (κ3) is 4.23. The molecule has 3 fully saturated rings. The number of hydrogen-bond acceptors (Lipinski definition) is 4. The summed E-state index contributed by atoms with van der Waals surface area (Å²) in [5, 5.41) is 0. The summed E-state index contributed by atoms with van der Waals surface area (Å²) in [5.41, 5.74) is 5.60. The smallest absolute Gasteiger partial charge is 0.251 e. The maximum Gasteiger partial charge on any atom is 0.251 e. The normalized spacial score (nSPS) is 32.4. The van der Waals surface area contributed by atoms with Crippen molar-refractivity contribution in [3.63, 3.8) is 0 Å². The summed E-state index contributed by atoms with van der Waals surface area (Å²) in [7, 11) is 1.93. The van der Waals surface area contributed by atoms with Gasteiger partial charge >= 0.3 is 0 Å². The fourth-order valence-electron chi connectivity index (χ4n) is 3.32. The van der Waals surface area contributed by atoms with E-state index in [1.54, 1.807) is 0 Å². The van der Waals surface area contributed by atoms with Gasteiger partial charge in [0.05, 0.1) is 6.10 Å². The molecule has 7 heteroatoms. The molecule has 2 heterocycles. The highest BCUT2D eigenvalue weighted by atomic mass is 35.5. The number of amides is 1. The predicted octanol–water partition coefficient (Wildman–Crippen LogP) is 1.03. The van der Waals surface area contributed by atoms with Crippen LogP contribution in [0.15, 0.2) is 0 Å². The zero-order chi connectivity index (χ0) is 13.4. The van der Waals surface area contributed by atoms with Crippen LogP contribution in [0.5, 0.6) is 0 Å². The number of rotatable bonds is 4. The Bertz CT molecular complexity index is 355. The molecule has 0 spiro atoms. The Morgan fingerprint density at radius 3 is 2.52 bits per heavy atom. The molecule has 0 bridgehead atoms. The Morgan fingerprint density at radius 2 is 1.95 bits per heavy atom. The van der Waals surface area contributed by atoms with Crippen LogP contribution >= 0.6 is 24.8 Å². The van der Waals surface area contributed by atoms with Crippen LogP contribution in [0, 0.1) is 0 Å². The molecule has 1 aliphatic carbocycles. The van der Waals surface area contributed by atoms with Gasteiger partial charge in [-0.1, -0.05) is 0 Å². The Hall–Kier alpha value is -0.0700. The van der Waals surface area contributed by atoms with Crippen LogP contribution in [0.2, 0.25) is 0 Å². The largest absolute Gasteiger partial charge is 0.364 e.